The Bertz CT molecular complexity index is 315. The minimum absolute atomic E-state index is 0.130. The second kappa shape index (κ2) is 4.25. The first kappa shape index (κ1) is 12.8. The predicted molar refractivity (Wildman–Crippen MR) is 62.7 cm³/mol. The molecule has 0 aliphatic carbocycles. The molecule has 1 spiro atoms. The highest BCUT2D eigenvalue weighted by molar-refractivity contribution is 5.85. The summed E-state index contributed by atoms with van der Waals surface area (Å²) in [6.45, 7) is 6.80. The van der Waals surface area contributed by atoms with Crippen LogP contribution in [0.3, 0.4) is 0 Å². The fourth-order valence-corrected chi connectivity index (χ4v) is 3.15. The Morgan fingerprint density at radius 2 is 2.24 bits per heavy atom. The van der Waals surface area contributed by atoms with Crippen LogP contribution < -0.4 is 0 Å². The molecule has 4 nitrogen and oxygen atoms in total. The third kappa shape index (κ3) is 1.69. The van der Waals surface area contributed by atoms with E-state index in [1.54, 1.807) is 0 Å². The van der Waals surface area contributed by atoms with Crippen LogP contribution in [0.5, 0.6) is 0 Å². The van der Waals surface area contributed by atoms with Crippen molar-refractivity contribution < 1.29 is 19.0 Å². The van der Waals surface area contributed by atoms with Gasteiger partial charge >= 0.3 is 5.97 Å². The maximum Gasteiger partial charge on any atom is 0.341 e. The second-order valence-electron chi connectivity index (χ2n) is 5.33. The number of methoxy groups -OCH3 is 1. The number of esters is 1. The fourth-order valence-electron chi connectivity index (χ4n) is 3.15. The monoisotopic (exact) mass is 242 g/mol. The maximum atomic E-state index is 12.0. The molecule has 2 fully saturated rings. The Kier molecular flexibility index (Phi) is 3.21. The Morgan fingerprint density at radius 3 is 2.76 bits per heavy atom. The van der Waals surface area contributed by atoms with Gasteiger partial charge in [0.25, 0.3) is 0 Å². The van der Waals surface area contributed by atoms with Crippen molar-refractivity contribution in [1.29, 1.82) is 0 Å². The number of ether oxygens (including phenoxy) is 3. The van der Waals surface area contributed by atoms with Crippen LogP contribution in [-0.4, -0.2) is 37.0 Å². The molecule has 0 saturated carbocycles. The highest BCUT2D eigenvalue weighted by atomic mass is 16.7. The van der Waals surface area contributed by atoms with E-state index in [0.717, 1.165) is 19.3 Å². The van der Waals surface area contributed by atoms with Crippen molar-refractivity contribution in [2.45, 2.75) is 57.3 Å². The van der Waals surface area contributed by atoms with Crippen LogP contribution in [0.25, 0.3) is 0 Å². The summed E-state index contributed by atoms with van der Waals surface area (Å²) in [5, 5.41) is 0. The van der Waals surface area contributed by atoms with E-state index in [1.807, 2.05) is 13.8 Å². The second-order valence-corrected chi connectivity index (χ2v) is 5.33. The van der Waals surface area contributed by atoms with E-state index >= 15 is 0 Å². The van der Waals surface area contributed by atoms with Gasteiger partial charge in [-0.1, -0.05) is 20.8 Å². The number of hydrogen-bond donors (Lipinski definition) is 0. The van der Waals surface area contributed by atoms with Crippen LogP contribution in [0.2, 0.25) is 0 Å². The molecular formula is C13H22O4. The van der Waals surface area contributed by atoms with Crippen molar-refractivity contribution in [3.8, 4) is 0 Å². The first-order chi connectivity index (χ1) is 8.02. The van der Waals surface area contributed by atoms with Gasteiger partial charge < -0.3 is 14.2 Å². The molecule has 2 saturated heterocycles. The van der Waals surface area contributed by atoms with E-state index in [0.29, 0.717) is 6.61 Å². The van der Waals surface area contributed by atoms with E-state index in [4.69, 9.17) is 14.2 Å². The molecule has 0 aromatic heterocycles. The lowest BCUT2D eigenvalue weighted by Gasteiger charge is -2.30. The fraction of sp³-hybridized carbons (Fsp3) is 0.923. The Balaban J connectivity index is 2.20. The lowest BCUT2D eigenvalue weighted by Crippen LogP contribution is -2.44. The Morgan fingerprint density at radius 1 is 1.53 bits per heavy atom. The zero-order chi connectivity index (χ0) is 12.7. The van der Waals surface area contributed by atoms with E-state index in [2.05, 4.69) is 6.92 Å². The number of rotatable bonds is 3. The number of carbonyl (C=O) groups is 1. The van der Waals surface area contributed by atoms with Crippen molar-refractivity contribution in [3.63, 3.8) is 0 Å². The summed E-state index contributed by atoms with van der Waals surface area (Å²) in [5.41, 5.74) is -1.08. The van der Waals surface area contributed by atoms with E-state index in [9.17, 15) is 4.79 Å². The van der Waals surface area contributed by atoms with Crippen molar-refractivity contribution in [2.24, 2.45) is 5.92 Å². The van der Waals surface area contributed by atoms with Crippen LogP contribution >= 0.6 is 0 Å². The summed E-state index contributed by atoms with van der Waals surface area (Å²) in [4.78, 5) is 12.0. The highest BCUT2D eigenvalue weighted by Crippen LogP contribution is 2.59. The lowest BCUT2D eigenvalue weighted by atomic mass is 9.77. The molecule has 4 heteroatoms. The average molecular weight is 242 g/mol. The molecule has 2 aliphatic heterocycles. The molecule has 3 unspecified atom stereocenters. The molecule has 3 atom stereocenters. The molecular weight excluding hydrogens is 220 g/mol. The van der Waals surface area contributed by atoms with Crippen LogP contribution in [0.1, 0.15) is 40.0 Å². The summed E-state index contributed by atoms with van der Waals surface area (Å²) in [6.07, 6.45) is 2.75. The topological polar surface area (TPSA) is 48.1 Å². The van der Waals surface area contributed by atoms with Gasteiger partial charge in [-0.25, -0.2) is 4.79 Å². The number of epoxide rings is 1. The summed E-state index contributed by atoms with van der Waals surface area (Å²) < 4.78 is 16.5. The molecule has 98 valence electrons. The van der Waals surface area contributed by atoms with Crippen LogP contribution in [-0.2, 0) is 19.0 Å². The molecule has 0 N–H and O–H groups in total. The zero-order valence-corrected chi connectivity index (χ0v) is 11.1. The molecule has 2 heterocycles. The Labute approximate surface area is 103 Å². The number of hydrogen-bond acceptors (Lipinski definition) is 4. The first-order valence-corrected chi connectivity index (χ1v) is 6.42. The van der Waals surface area contributed by atoms with Crippen LogP contribution in [0.4, 0.5) is 0 Å². The van der Waals surface area contributed by atoms with E-state index < -0.39 is 5.60 Å². The van der Waals surface area contributed by atoms with Crippen molar-refractivity contribution >= 4 is 5.97 Å². The van der Waals surface area contributed by atoms with Gasteiger partial charge in [-0.15, -0.1) is 0 Å². The lowest BCUT2D eigenvalue weighted by molar-refractivity contribution is -0.149. The molecule has 2 rings (SSSR count). The molecule has 0 amide bonds. The van der Waals surface area contributed by atoms with Gasteiger partial charge in [-0.2, -0.15) is 0 Å². The molecule has 0 aromatic carbocycles. The van der Waals surface area contributed by atoms with Crippen molar-refractivity contribution in [2.75, 3.05) is 13.7 Å². The largest absolute Gasteiger partial charge is 0.467 e. The third-order valence-corrected chi connectivity index (χ3v) is 4.17. The molecule has 0 aromatic rings. The minimum Gasteiger partial charge on any atom is -0.467 e. The van der Waals surface area contributed by atoms with Gasteiger partial charge in [0.05, 0.1) is 13.2 Å². The molecule has 0 bridgehead atoms. The van der Waals surface area contributed by atoms with Gasteiger partial charge in [-0.05, 0) is 12.3 Å². The van der Waals surface area contributed by atoms with Crippen LogP contribution in [0, 0.1) is 5.92 Å². The van der Waals surface area contributed by atoms with Gasteiger partial charge in [0.2, 0.25) is 0 Å². The van der Waals surface area contributed by atoms with Gasteiger partial charge in [-0.3, -0.25) is 0 Å². The predicted octanol–water partition coefficient (Wildman–Crippen LogP) is 1.91. The first-order valence-electron chi connectivity index (χ1n) is 6.42. The van der Waals surface area contributed by atoms with E-state index in [1.165, 1.54) is 7.11 Å². The molecule has 17 heavy (non-hydrogen) atoms. The standard InChI is InChI=1S/C13H22O4/c1-5-10-8-12(6-7-16-10)13(17-12,9(2)3)11(14)15-4/h9-10H,5-8H2,1-4H3. The van der Waals surface area contributed by atoms with Gasteiger partial charge in [0, 0.05) is 19.4 Å². The summed E-state index contributed by atoms with van der Waals surface area (Å²) in [6, 6.07) is 0. The van der Waals surface area contributed by atoms with Gasteiger partial charge in [0.1, 0.15) is 5.60 Å². The summed E-state index contributed by atoms with van der Waals surface area (Å²) in [5.74, 6) is -0.102. The zero-order valence-electron chi connectivity index (χ0n) is 11.1. The molecule has 0 radical (unpaired) electrons. The summed E-state index contributed by atoms with van der Waals surface area (Å²) in [7, 11) is 1.43. The minimum atomic E-state index is -0.737. The van der Waals surface area contributed by atoms with Gasteiger partial charge in [0.15, 0.2) is 5.60 Å². The SMILES string of the molecule is CCC1CC2(CCO1)OC2(C(=O)OC)C(C)C. The molecule has 2 aliphatic rings. The highest BCUT2D eigenvalue weighted by Gasteiger charge is 2.77. The van der Waals surface area contributed by atoms with Crippen molar-refractivity contribution in [3.05, 3.63) is 0 Å². The quantitative estimate of drug-likeness (QED) is 0.560. The average Bonchev–Trinajstić information content (AvgIpc) is 2.97. The van der Waals surface area contributed by atoms with E-state index in [-0.39, 0.29) is 23.6 Å². The normalized spacial score (nSPS) is 40.6. The maximum absolute atomic E-state index is 12.0. The summed E-state index contributed by atoms with van der Waals surface area (Å²) >= 11 is 0. The Hall–Kier alpha value is -0.610. The van der Waals surface area contributed by atoms with Crippen molar-refractivity contribution in [1.82, 2.24) is 0 Å². The number of carbonyl (C=O) groups excluding carboxylic acids is 1. The third-order valence-electron chi connectivity index (χ3n) is 4.17. The smallest absolute Gasteiger partial charge is 0.341 e. The van der Waals surface area contributed by atoms with Crippen LogP contribution in [0.15, 0.2) is 0 Å².